The molecular formula is C14H32O4Sn. The van der Waals surface area contributed by atoms with Crippen molar-refractivity contribution in [1.82, 2.24) is 0 Å². The SMILES string of the molecule is CCCCC[O][Sn]([O]CC)([O]CC)[O]CCCCC. The summed E-state index contributed by atoms with van der Waals surface area (Å²) in [5, 5.41) is 0. The zero-order valence-corrected chi connectivity index (χ0v) is 16.1. The predicted molar refractivity (Wildman–Crippen MR) is 80.0 cm³/mol. The Morgan fingerprint density at radius 2 is 1.00 bits per heavy atom. The second kappa shape index (κ2) is 13.6. The van der Waals surface area contributed by atoms with Gasteiger partial charge in [-0.2, -0.15) is 0 Å². The van der Waals surface area contributed by atoms with Crippen molar-refractivity contribution in [3.63, 3.8) is 0 Å². The second-order valence-corrected chi connectivity index (χ2v) is 10.6. The normalized spacial score (nSPS) is 12.0. The van der Waals surface area contributed by atoms with Crippen molar-refractivity contribution in [2.75, 3.05) is 26.4 Å². The maximum absolute atomic E-state index is 5.94. The van der Waals surface area contributed by atoms with Gasteiger partial charge in [0.25, 0.3) is 0 Å². The molecule has 0 heterocycles. The molecule has 0 spiro atoms. The van der Waals surface area contributed by atoms with Crippen LogP contribution in [0.2, 0.25) is 0 Å². The first-order valence-electron chi connectivity index (χ1n) is 7.80. The molecule has 0 rings (SSSR count). The third-order valence-electron chi connectivity index (χ3n) is 2.70. The first-order chi connectivity index (χ1) is 9.24. The van der Waals surface area contributed by atoms with E-state index in [-0.39, 0.29) is 0 Å². The molecule has 19 heavy (non-hydrogen) atoms. The van der Waals surface area contributed by atoms with E-state index in [1.165, 1.54) is 25.7 Å². The van der Waals surface area contributed by atoms with Crippen molar-refractivity contribution in [1.29, 1.82) is 0 Å². The molecule has 0 aliphatic heterocycles. The minimum atomic E-state index is -3.71. The summed E-state index contributed by atoms with van der Waals surface area (Å²) in [6, 6.07) is 0. The quantitative estimate of drug-likeness (QED) is 0.337. The zero-order valence-electron chi connectivity index (χ0n) is 13.2. The van der Waals surface area contributed by atoms with E-state index >= 15 is 0 Å². The van der Waals surface area contributed by atoms with Gasteiger partial charge in [0.05, 0.1) is 0 Å². The summed E-state index contributed by atoms with van der Waals surface area (Å²) in [6.07, 6.45) is 6.83. The molecule has 5 heteroatoms. The van der Waals surface area contributed by atoms with Gasteiger partial charge in [0.2, 0.25) is 0 Å². The molecule has 0 aliphatic carbocycles. The van der Waals surface area contributed by atoms with Crippen LogP contribution in [0.3, 0.4) is 0 Å². The molecule has 0 N–H and O–H groups in total. The number of rotatable bonds is 14. The van der Waals surface area contributed by atoms with Gasteiger partial charge in [0, 0.05) is 0 Å². The summed E-state index contributed by atoms with van der Waals surface area (Å²) in [6.45, 7) is 10.9. The average Bonchev–Trinajstić information content (AvgIpc) is 2.41. The molecule has 0 amide bonds. The zero-order chi connectivity index (χ0) is 14.4. The Bertz CT molecular complexity index is 170. The van der Waals surface area contributed by atoms with Gasteiger partial charge in [-0.3, -0.25) is 0 Å². The molecule has 116 valence electrons. The van der Waals surface area contributed by atoms with Crippen LogP contribution in [0.4, 0.5) is 0 Å². The maximum atomic E-state index is 5.94. The van der Waals surface area contributed by atoms with E-state index in [2.05, 4.69) is 13.8 Å². The van der Waals surface area contributed by atoms with Crippen LogP contribution in [-0.4, -0.2) is 46.5 Å². The fourth-order valence-electron chi connectivity index (χ4n) is 1.70. The number of hydrogen-bond donors (Lipinski definition) is 0. The Labute approximate surface area is 125 Å². The second-order valence-electron chi connectivity index (χ2n) is 4.48. The van der Waals surface area contributed by atoms with Crippen molar-refractivity contribution >= 4 is 20.0 Å². The topological polar surface area (TPSA) is 36.9 Å². The minimum absolute atomic E-state index is 0.595. The molecule has 0 radical (unpaired) electrons. The molecular weight excluding hydrogens is 351 g/mol. The monoisotopic (exact) mass is 384 g/mol. The van der Waals surface area contributed by atoms with Crippen LogP contribution >= 0.6 is 0 Å². The van der Waals surface area contributed by atoms with Crippen LogP contribution in [0.5, 0.6) is 0 Å². The van der Waals surface area contributed by atoms with Crippen LogP contribution in [0.25, 0.3) is 0 Å². The molecule has 0 aromatic carbocycles. The Morgan fingerprint density at radius 1 is 0.579 bits per heavy atom. The van der Waals surface area contributed by atoms with Gasteiger partial charge in [-0.05, 0) is 0 Å². The summed E-state index contributed by atoms with van der Waals surface area (Å²) in [4.78, 5) is 0. The molecule has 0 atom stereocenters. The van der Waals surface area contributed by atoms with Gasteiger partial charge in [-0.15, -0.1) is 0 Å². The Hall–Kier alpha value is 0.639. The van der Waals surface area contributed by atoms with Crippen LogP contribution in [0, 0.1) is 0 Å². The molecule has 0 unspecified atom stereocenters. The Kier molecular flexibility index (Phi) is 14.1. The van der Waals surface area contributed by atoms with E-state index in [4.69, 9.17) is 12.3 Å². The average molecular weight is 383 g/mol. The van der Waals surface area contributed by atoms with Gasteiger partial charge < -0.3 is 0 Å². The van der Waals surface area contributed by atoms with E-state index in [1.807, 2.05) is 13.8 Å². The number of unbranched alkanes of at least 4 members (excludes halogenated alkanes) is 4. The first-order valence-corrected chi connectivity index (χ1v) is 12.5. The molecule has 0 aromatic rings. The molecule has 4 nitrogen and oxygen atoms in total. The van der Waals surface area contributed by atoms with Crippen molar-refractivity contribution in [2.24, 2.45) is 0 Å². The summed E-state index contributed by atoms with van der Waals surface area (Å²) in [7, 11) is 0. The van der Waals surface area contributed by atoms with E-state index in [0.717, 1.165) is 12.8 Å². The standard InChI is InChI=1S/2C5H11O.2C2H5O.Sn/c2*1-2-3-4-5-6;2*1-2-3;/h2*2-5H2,1H3;2*2H2,1H3;/q4*-1;+4. The molecule has 0 fully saturated rings. The van der Waals surface area contributed by atoms with E-state index < -0.39 is 20.0 Å². The predicted octanol–water partition coefficient (Wildman–Crippen LogP) is 3.91. The summed E-state index contributed by atoms with van der Waals surface area (Å²) >= 11 is -3.71. The van der Waals surface area contributed by atoms with Crippen molar-refractivity contribution in [3.05, 3.63) is 0 Å². The van der Waals surface area contributed by atoms with E-state index in [9.17, 15) is 0 Å². The van der Waals surface area contributed by atoms with Gasteiger partial charge in [0.1, 0.15) is 0 Å². The molecule has 0 saturated heterocycles. The van der Waals surface area contributed by atoms with E-state index in [1.54, 1.807) is 0 Å². The van der Waals surface area contributed by atoms with Crippen molar-refractivity contribution in [2.45, 2.75) is 66.2 Å². The molecule has 0 aromatic heterocycles. The Morgan fingerprint density at radius 3 is 1.32 bits per heavy atom. The third kappa shape index (κ3) is 10.1. The van der Waals surface area contributed by atoms with Crippen LogP contribution in [-0.2, 0) is 12.3 Å². The molecule has 0 saturated carbocycles. The molecule has 0 bridgehead atoms. The van der Waals surface area contributed by atoms with Gasteiger partial charge in [-0.1, -0.05) is 0 Å². The molecule has 0 aliphatic rings. The Balaban J connectivity index is 4.22. The van der Waals surface area contributed by atoms with E-state index in [0.29, 0.717) is 26.4 Å². The first kappa shape index (κ1) is 19.6. The van der Waals surface area contributed by atoms with Gasteiger partial charge in [0.15, 0.2) is 0 Å². The van der Waals surface area contributed by atoms with Crippen molar-refractivity contribution in [3.8, 4) is 0 Å². The summed E-state index contributed by atoms with van der Waals surface area (Å²) in [5.41, 5.74) is 0. The number of hydrogen-bond acceptors (Lipinski definition) is 4. The van der Waals surface area contributed by atoms with Gasteiger partial charge in [-0.25, -0.2) is 0 Å². The van der Waals surface area contributed by atoms with Crippen molar-refractivity contribution < 1.29 is 12.3 Å². The van der Waals surface area contributed by atoms with Crippen LogP contribution in [0.1, 0.15) is 66.2 Å². The third-order valence-corrected chi connectivity index (χ3v) is 9.54. The van der Waals surface area contributed by atoms with Gasteiger partial charge >= 0.3 is 125 Å². The summed E-state index contributed by atoms with van der Waals surface area (Å²) in [5.74, 6) is 0. The fraction of sp³-hybridized carbons (Fsp3) is 1.00. The fourth-order valence-corrected chi connectivity index (χ4v) is 7.40. The summed E-state index contributed by atoms with van der Waals surface area (Å²) < 4.78 is 23.4. The van der Waals surface area contributed by atoms with Crippen LogP contribution < -0.4 is 0 Å². The van der Waals surface area contributed by atoms with Crippen LogP contribution in [0.15, 0.2) is 0 Å².